The van der Waals surface area contributed by atoms with Gasteiger partial charge in [0.1, 0.15) is 6.67 Å². The zero-order valence-electron chi connectivity index (χ0n) is 9.84. The van der Waals surface area contributed by atoms with E-state index in [1.807, 2.05) is 6.92 Å². The van der Waals surface area contributed by atoms with E-state index in [4.69, 9.17) is 5.73 Å². The summed E-state index contributed by atoms with van der Waals surface area (Å²) >= 11 is 0. The first kappa shape index (κ1) is 13.3. The summed E-state index contributed by atoms with van der Waals surface area (Å²) < 4.78 is 0.645. The molecule has 0 aromatic carbocycles. The number of nitrogens with zero attached hydrogens (tertiary/aromatic N) is 1. The average Bonchev–Trinajstić information content (AvgIpc) is 2.19. The second-order valence-electron chi connectivity index (χ2n) is 3.85. The Morgan fingerprint density at radius 1 is 1.43 bits per heavy atom. The van der Waals surface area contributed by atoms with Crippen molar-refractivity contribution in [2.75, 3.05) is 19.8 Å². The minimum Gasteiger partial charge on any atom is -0.303 e. The van der Waals surface area contributed by atoms with Crippen molar-refractivity contribution in [1.82, 2.24) is 0 Å². The predicted octanol–water partition coefficient (Wildman–Crippen LogP) is 1.29. The normalized spacial score (nSPS) is 13.8. The van der Waals surface area contributed by atoms with Gasteiger partial charge in [-0.1, -0.05) is 6.58 Å². The molecule has 2 N–H and O–H groups in total. The van der Waals surface area contributed by atoms with Crippen LogP contribution in [-0.2, 0) is 4.79 Å². The maximum atomic E-state index is 11.8. The molecule has 0 saturated carbocycles. The highest BCUT2D eigenvalue weighted by atomic mass is 16.1. The van der Waals surface area contributed by atoms with Crippen LogP contribution in [0.5, 0.6) is 0 Å². The Kier molecular flexibility index (Phi) is 5.02. The van der Waals surface area contributed by atoms with E-state index in [0.29, 0.717) is 16.7 Å². The fraction of sp³-hybridized carbons (Fsp3) is 0.727. The molecular formula is C11H23N2O+. The summed E-state index contributed by atoms with van der Waals surface area (Å²) in [6, 6.07) is -0.0764. The molecule has 0 aliphatic rings. The molecule has 82 valence electrons. The molecule has 0 bridgehead atoms. The lowest BCUT2D eigenvalue weighted by atomic mass is 10.0. The number of rotatable bonds is 6. The summed E-state index contributed by atoms with van der Waals surface area (Å²) in [4.78, 5) is 11.8. The molecular weight excluding hydrogens is 176 g/mol. The molecule has 3 nitrogen and oxygen atoms in total. The number of Topliss-reactive ketones (excluding diaryl/α,β-unsaturated/α-hetero) is 1. The fourth-order valence-electron chi connectivity index (χ4n) is 1.79. The van der Waals surface area contributed by atoms with Crippen LogP contribution in [0.2, 0.25) is 0 Å². The third kappa shape index (κ3) is 2.42. The summed E-state index contributed by atoms with van der Waals surface area (Å²) in [6.45, 7) is 13.8. The third-order valence-corrected chi connectivity index (χ3v) is 3.24. The van der Waals surface area contributed by atoms with Crippen LogP contribution in [0.1, 0.15) is 27.7 Å². The molecule has 0 fully saturated rings. The predicted molar refractivity (Wildman–Crippen MR) is 59.7 cm³/mol. The summed E-state index contributed by atoms with van der Waals surface area (Å²) in [5.41, 5.74) is 6.38. The first-order chi connectivity index (χ1) is 6.45. The van der Waals surface area contributed by atoms with Gasteiger partial charge in [0.15, 0.2) is 6.04 Å². The van der Waals surface area contributed by atoms with Crippen LogP contribution >= 0.6 is 0 Å². The Labute approximate surface area is 87.2 Å². The van der Waals surface area contributed by atoms with Gasteiger partial charge in [0.2, 0.25) is 5.78 Å². The van der Waals surface area contributed by atoms with Gasteiger partial charge in [-0.2, -0.15) is 0 Å². The molecule has 0 heterocycles. The quantitative estimate of drug-likeness (QED) is 0.398. The SMILES string of the molecule is C=C(C)C(=O)C(C)[N+](CC)(CC)CN. The van der Waals surface area contributed by atoms with Crippen molar-refractivity contribution in [3.63, 3.8) is 0 Å². The number of nitrogens with two attached hydrogens (primary N) is 1. The van der Waals surface area contributed by atoms with Gasteiger partial charge in [-0.25, -0.2) is 0 Å². The Morgan fingerprint density at radius 3 is 2.07 bits per heavy atom. The second-order valence-corrected chi connectivity index (χ2v) is 3.85. The molecule has 0 aromatic rings. The molecule has 14 heavy (non-hydrogen) atoms. The summed E-state index contributed by atoms with van der Waals surface area (Å²) in [7, 11) is 0. The fourth-order valence-corrected chi connectivity index (χ4v) is 1.79. The summed E-state index contributed by atoms with van der Waals surface area (Å²) in [5.74, 6) is 0.124. The second kappa shape index (κ2) is 5.27. The molecule has 0 aliphatic carbocycles. The van der Waals surface area contributed by atoms with Gasteiger partial charge in [0.05, 0.1) is 13.1 Å². The minimum atomic E-state index is -0.0764. The monoisotopic (exact) mass is 199 g/mol. The van der Waals surface area contributed by atoms with Gasteiger partial charge in [-0.15, -0.1) is 0 Å². The van der Waals surface area contributed by atoms with E-state index in [0.717, 1.165) is 13.1 Å². The smallest absolute Gasteiger partial charge is 0.214 e. The number of ketones is 1. The Morgan fingerprint density at radius 2 is 1.86 bits per heavy atom. The largest absolute Gasteiger partial charge is 0.303 e. The number of hydrogen-bond donors (Lipinski definition) is 1. The molecule has 0 spiro atoms. The lowest BCUT2D eigenvalue weighted by molar-refractivity contribution is -0.937. The zero-order valence-corrected chi connectivity index (χ0v) is 9.84. The van der Waals surface area contributed by atoms with E-state index < -0.39 is 0 Å². The minimum absolute atomic E-state index is 0.0764. The number of carbonyl (C=O) groups excluding carboxylic acids is 1. The van der Waals surface area contributed by atoms with Crippen molar-refractivity contribution < 1.29 is 9.28 Å². The van der Waals surface area contributed by atoms with E-state index in [1.54, 1.807) is 6.92 Å². The van der Waals surface area contributed by atoms with Crippen molar-refractivity contribution in [2.24, 2.45) is 5.73 Å². The number of likely N-dealkylation sites (N-methyl/N-ethyl adjacent to an activating group) is 1. The molecule has 3 heteroatoms. The van der Waals surface area contributed by atoms with Crippen molar-refractivity contribution in [3.8, 4) is 0 Å². The van der Waals surface area contributed by atoms with Crippen molar-refractivity contribution in [1.29, 1.82) is 0 Å². The maximum absolute atomic E-state index is 11.8. The first-order valence-corrected chi connectivity index (χ1v) is 5.20. The van der Waals surface area contributed by atoms with Gasteiger partial charge >= 0.3 is 0 Å². The van der Waals surface area contributed by atoms with Crippen molar-refractivity contribution in [3.05, 3.63) is 12.2 Å². The molecule has 0 aromatic heterocycles. The lowest BCUT2D eigenvalue weighted by Gasteiger charge is -2.40. The van der Waals surface area contributed by atoms with Crippen LogP contribution in [-0.4, -0.2) is 36.1 Å². The Bertz CT molecular complexity index is 211. The lowest BCUT2D eigenvalue weighted by Crippen LogP contribution is -2.60. The van der Waals surface area contributed by atoms with Crippen LogP contribution in [0.15, 0.2) is 12.2 Å². The maximum Gasteiger partial charge on any atom is 0.214 e. The van der Waals surface area contributed by atoms with Gasteiger partial charge in [0, 0.05) is 0 Å². The number of quaternary nitrogens is 1. The van der Waals surface area contributed by atoms with E-state index in [-0.39, 0.29) is 11.8 Å². The van der Waals surface area contributed by atoms with E-state index in [9.17, 15) is 4.79 Å². The molecule has 0 radical (unpaired) electrons. The molecule has 0 amide bonds. The van der Waals surface area contributed by atoms with Crippen LogP contribution in [0, 0.1) is 0 Å². The van der Waals surface area contributed by atoms with Gasteiger partial charge in [0.25, 0.3) is 0 Å². The number of carbonyl (C=O) groups is 1. The third-order valence-electron chi connectivity index (χ3n) is 3.24. The standard InChI is InChI=1S/C11H23N2O/c1-6-13(7-2,8-12)10(5)11(14)9(3)4/h10H,3,6-8,12H2,1-2,4-5H3/q+1. The summed E-state index contributed by atoms with van der Waals surface area (Å²) in [6.07, 6.45) is 0. The Hall–Kier alpha value is -0.670. The van der Waals surface area contributed by atoms with Crippen molar-refractivity contribution >= 4 is 5.78 Å². The molecule has 1 atom stereocenters. The van der Waals surface area contributed by atoms with Gasteiger partial charge < -0.3 is 4.48 Å². The highest BCUT2D eigenvalue weighted by molar-refractivity contribution is 5.97. The van der Waals surface area contributed by atoms with Crippen LogP contribution in [0.3, 0.4) is 0 Å². The van der Waals surface area contributed by atoms with E-state index >= 15 is 0 Å². The first-order valence-electron chi connectivity index (χ1n) is 5.20. The Balaban J connectivity index is 4.84. The average molecular weight is 199 g/mol. The molecule has 1 unspecified atom stereocenters. The topological polar surface area (TPSA) is 43.1 Å². The van der Waals surface area contributed by atoms with Crippen LogP contribution in [0.4, 0.5) is 0 Å². The molecule has 0 rings (SSSR count). The van der Waals surface area contributed by atoms with Crippen LogP contribution < -0.4 is 5.73 Å². The van der Waals surface area contributed by atoms with Crippen LogP contribution in [0.25, 0.3) is 0 Å². The molecule has 0 aliphatic heterocycles. The van der Waals surface area contributed by atoms with E-state index in [2.05, 4.69) is 20.4 Å². The highest BCUT2D eigenvalue weighted by Gasteiger charge is 2.34. The summed E-state index contributed by atoms with van der Waals surface area (Å²) in [5, 5.41) is 0. The number of hydrogen-bond acceptors (Lipinski definition) is 2. The van der Waals surface area contributed by atoms with Crippen molar-refractivity contribution in [2.45, 2.75) is 33.7 Å². The highest BCUT2D eigenvalue weighted by Crippen LogP contribution is 2.14. The molecule has 0 saturated heterocycles. The van der Waals surface area contributed by atoms with Gasteiger partial charge in [-0.05, 0) is 33.3 Å². The zero-order chi connectivity index (χ0) is 11.4. The van der Waals surface area contributed by atoms with E-state index in [1.165, 1.54) is 0 Å². The van der Waals surface area contributed by atoms with Gasteiger partial charge in [-0.3, -0.25) is 10.5 Å².